The largest absolute Gasteiger partial charge is 0.468 e. The first kappa shape index (κ1) is 18.5. The second-order valence-electron chi connectivity index (χ2n) is 4.86. The first-order valence-electron chi connectivity index (χ1n) is 6.91. The second-order valence-corrected chi connectivity index (χ2v) is 4.86. The molecule has 0 saturated carbocycles. The van der Waals surface area contributed by atoms with Crippen molar-refractivity contribution in [3.8, 4) is 0 Å². The third kappa shape index (κ3) is 4.48. The standard InChI is InChI=1S/C15H18FNO6/c1-4-9-5-6-10(12(16)7-9)11(8-17(20)21)13(14(18)22-2)15(19)23-3/h5-7,11,13H,4,8H2,1-3H3/t11-/m0/s1. The van der Waals surface area contributed by atoms with Gasteiger partial charge in [-0.1, -0.05) is 19.1 Å². The van der Waals surface area contributed by atoms with Gasteiger partial charge in [-0.15, -0.1) is 0 Å². The highest BCUT2D eigenvalue weighted by Crippen LogP contribution is 2.30. The van der Waals surface area contributed by atoms with E-state index in [0.717, 1.165) is 14.2 Å². The molecule has 0 bridgehead atoms. The van der Waals surface area contributed by atoms with Crippen molar-refractivity contribution in [2.75, 3.05) is 20.8 Å². The number of halogens is 1. The summed E-state index contributed by atoms with van der Waals surface area (Å²) in [6.07, 6.45) is 0.578. The Hall–Kier alpha value is -2.51. The highest BCUT2D eigenvalue weighted by Gasteiger charge is 2.42. The fourth-order valence-corrected chi connectivity index (χ4v) is 2.31. The van der Waals surface area contributed by atoms with Crippen LogP contribution >= 0.6 is 0 Å². The maximum atomic E-state index is 14.3. The molecule has 1 atom stereocenters. The highest BCUT2D eigenvalue weighted by atomic mass is 19.1. The molecule has 1 rings (SSSR count). The van der Waals surface area contributed by atoms with Crippen molar-refractivity contribution in [3.63, 3.8) is 0 Å². The van der Waals surface area contributed by atoms with E-state index < -0.39 is 41.1 Å². The van der Waals surface area contributed by atoms with Gasteiger partial charge in [0.05, 0.1) is 20.1 Å². The van der Waals surface area contributed by atoms with Crippen LogP contribution in [0.25, 0.3) is 0 Å². The van der Waals surface area contributed by atoms with Crippen molar-refractivity contribution in [1.29, 1.82) is 0 Å². The number of nitro groups is 1. The topological polar surface area (TPSA) is 95.7 Å². The monoisotopic (exact) mass is 327 g/mol. The predicted molar refractivity (Wildman–Crippen MR) is 77.9 cm³/mol. The molecule has 0 aromatic heterocycles. The number of nitrogens with zero attached hydrogens (tertiary/aromatic N) is 1. The Kier molecular flexibility index (Phi) is 6.62. The van der Waals surface area contributed by atoms with E-state index >= 15 is 0 Å². The normalized spacial score (nSPS) is 11.9. The molecule has 126 valence electrons. The van der Waals surface area contributed by atoms with Crippen LogP contribution in [0.1, 0.15) is 24.0 Å². The van der Waals surface area contributed by atoms with Gasteiger partial charge >= 0.3 is 11.9 Å². The van der Waals surface area contributed by atoms with Crippen LogP contribution < -0.4 is 0 Å². The zero-order valence-corrected chi connectivity index (χ0v) is 13.1. The number of rotatable bonds is 7. The zero-order chi connectivity index (χ0) is 17.6. The van der Waals surface area contributed by atoms with Crippen LogP contribution in [0, 0.1) is 21.8 Å². The molecule has 0 spiro atoms. The molecule has 0 aliphatic carbocycles. The Bertz CT molecular complexity index is 588. The molecule has 1 aromatic carbocycles. The Morgan fingerprint density at radius 2 is 1.83 bits per heavy atom. The van der Waals surface area contributed by atoms with Crippen molar-refractivity contribution in [2.24, 2.45) is 5.92 Å². The number of carbonyl (C=O) groups excluding carboxylic acids is 2. The van der Waals surface area contributed by atoms with E-state index in [2.05, 4.69) is 9.47 Å². The molecular weight excluding hydrogens is 309 g/mol. The minimum atomic E-state index is -1.61. The van der Waals surface area contributed by atoms with E-state index in [0.29, 0.717) is 12.0 Å². The SMILES string of the molecule is CCc1ccc([C@H](C[N+](=O)[O-])C(C(=O)OC)C(=O)OC)c(F)c1. The summed E-state index contributed by atoms with van der Waals surface area (Å²) in [5.41, 5.74) is 0.596. The molecule has 7 nitrogen and oxygen atoms in total. The van der Waals surface area contributed by atoms with Crippen LogP contribution in [0.2, 0.25) is 0 Å². The summed E-state index contributed by atoms with van der Waals surface area (Å²) in [7, 11) is 2.08. The molecule has 8 heteroatoms. The Morgan fingerprint density at radius 3 is 2.22 bits per heavy atom. The molecule has 0 aliphatic rings. The fourth-order valence-electron chi connectivity index (χ4n) is 2.31. The van der Waals surface area contributed by atoms with Crippen molar-refractivity contribution in [2.45, 2.75) is 19.3 Å². The van der Waals surface area contributed by atoms with Gasteiger partial charge in [0.25, 0.3) is 0 Å². The van der Waals surface area contributed by atoms with Gasteiger partial charge in [0.2, 0.25) is 6.54 Å². The summed E-state index contributed by atoms with van der Waals surface area (Å²) < 4.78 is 23.3. The van der Waals surface area contributed by atoms with Crippen LogP contribution in [0.5, 0.6) is 0 Å². The van der Waals surface area contributed by atoms with Gasteiger partial charge in [0.15, 0.2) is 5.92 Å². The quantitative estimate of drug-likeness (QED) is 0.327. The summed E-state index contributed by atoms with van der Waals surface area (Å²) in [6.45, 7) is 1.02. The van der Waals surface area contributed by atoms with E-state index in [9.17, 15) is 24.1 Å². The maximum absolute atomic E-state index is 14.3. The fraction of sp³-hybridized carbons (Fsp3) is 0.467. The lowest BCUT2D eigenvalue weighted by Gasteiger charge is -2.21. The van der Waals surface area contributed by atoms with Crippen LogP contribution in [-0.2, 0) is 25.5 Å². The molecule has 0 fully saturated rings. The van der Waals surface area contributed by atoms with Crippen molar-refractivity contribution in [1.82, 2.24) is 0 Å². The van der Waals surface area contributed by atoms with E-state index in [-0.39, 0.29) is 5.56 Å². The van der Waals surface area contributed by atoms with Crippen LogP contribution in [-0.4, -0.2) is 37.6 Å². The van der Waals surface area contributed by atoms with Crippen LogP contribution in [0.15, 0.2) is 18.2 Å². The number of hydrogen-bond acceptors (Lipinski definition) is 6. The number of aryl methyl sites for hydroxylation is 1. The molecule has 0 unspecified atom stereocenters. The molecule has 0 aliphatic heterocycles. The van der Waals surface area contributed by atoms with Crippen molar-refractivity contribution >= 4 is 11.9 Å². The highest BCUT2D eigenvalue weighted by molar-refractivity contribution is 5.96. The predicted octanol–water partition coefficient (Wildman–Crippen LogP) is 1.71. The Labute approximate surface area is 132 Å². The summed E-state index contributed by atoms with van der Waals surface area (Å²) in [6, 6.07) is 4.17. The maximum Gasteiger partial charge on any atom is 0.320 e. The molecule has 1 aromatic rings. The van der Waals surface area contributed by atoms with Gasteiger partial charge in [0, 0.05) is 4.92 Å². The number of hydrogen-bond donors (Lipinski definition) is 0. The number of methoxy groups -OCH3 is 2. The van der Waals surface area contributed by atoms with Crippen molar-refractivity contribution in [3.05, 3.63) is 45.3 Å². The molecule has 0 N–H and O–H groups in total. The third-order valence-electron chi connectivity index (χ3n) is 3.53. The van der Waals surface area contributed by atoms with Gasteiger partial charge < -0.3 is 9.47 Å². The summed E-state index contributed by atoms with van der Waals surface area (Å²) in [4.78, 5) is 34.0. The smallest absolute Gasteiger partial charge is 0.320 e. The average Bonchev–Trinajstić information content (AvgIpc) is 2.53. The molecule has 0 radical (unpaired) electrons. The minimum Gasteiger partial charge on any atom is -0.468 e. The lowest BCUT2D eigenvalue weighted by atomic mass is 9.85. The first-order valence-corrected chi connectivity index (χ1v) is 6.91. The first-order chi connectivity index (χ1) is 10.8. The second kappa shape index (κ2) is 8.21. The summed E-state index contributed by atoms with van der Waals surface area (Å²) in [5.74, 6) is -5.67. The molecule has 0 heterocycles. The van der Waals surface area contributed by atoms with Gasteiger partial charge in [-0.05, 0) is 23.6 Å². The lowest BCUT2D eigenvalue weighted by Crippen LogP contribution is -2.36. The Balaban J connectivity index is 3.39. The van der Waals surface area contributed by atoms with Gasteiger partial charge in [-0.2, -0.15) is 0 Å². The van der Waals surface area contributed by atoms with E-state index in [1.807, 2.05) is 6.92 Å². The number of esters is 2. The molecule has 23 heavy (non-hydrogen) atoms. The average molecular weight is 327 g/mol. The minimum absolute atomic E-state index is 0.0975. The third-order valence-corrected chi connectivity index (χ3v) is 3.53. The molecule has 0 saturated heterocycles. The molecular formula is C15H18FNO6. The van der Waals surface area contributed by atoms with Crippen LogP contribution in [0.4, 0.5) is 4.39 Å². The Morgan fingerprint density at radius 1 is 1.26 bits per heavy atom. The van der Waals surface area contributed by atoms with Crippen LogP contribution in [0.3, 0.4) is 0 Å². The van der Waals surface area contributed by atoms with E-state index in [1.54, 1.807) is 6.07 Å². The number of ether oxygens (including phenoxy) is 2. The van der Waals surface area contributed by atoms with Gasteiger partial charge in [-0.25, -0.2) is 4.39 Å². The van der Waals surface area contributed by atoms with E-state index in [1.165, 1.54) is 12.1 Å². The lowest BCUT2D eigenvalue weighted by molar-refractivity contribution is -0.484. The van der Waals surface area contributed by atoms with Gasteiger partial charge in [-0.3, -0.25) is 19.7 Å². The van der Waals surface area contributed by atoms with Crippen molar-refractivity contribution < 1.29 is 28.4 Å². The zero-order valence-electron chi connectivity index (χ0n) is 13.1. The van der Waals surface area contributed by atoms with E-state index in [4.69, 9.17) is 0 Å². The number of carbonyl (C=O) groups is 2. The van der Waals surface area contributed by atoms with Gasteiger partial charge in [0.1, 0.15) is 5.82 Å². The number of benzene rings is 1. The summed E-state index contributed by atoms with van der Waals surface area (Å²) >= 11 is 0. The molecule has 0 amide bonds. The summed E-state index contributed by atoms with van der Waals surface area (Å²) in [5, 5.41) is 10.9.